The van der Waals surface area contributed by atoms with Crippen molar-refractivity contribution in [1.82, 2.24) is 9.80 Å². The molecule has 2 N–H and O–H groups in total. The molecule has 2 saturated heterocycles. The molecule has 2 aliphatic heterocycles. The molecule has 2 aliphatic rings. The fourth-order valence-electron chi connectivity index (χ4n) is 3.20. The van der Waals surface area contributed by atoms with Gasteiger partial charge in [-0.3, -0.25) is 0 Å². The average Bonchev–Trinajstić information content (AvgIpc) is 2.69. The normalized spacial score (nSPS) is 25.1. The summed E-state index contributed by atoms with van der Waals surface area (Å²) in [4.78, 5) is 31.7. The van der Waals surface area contributed by atoms with Crippen LogP contribution in [0.15, 0.2) is 10.2 Å². The largest absolute Gasteiger partial charge is 0.444 e. The van der Waals surface area contributed by atoms with Crippen molar-refractivity contribution >= 4 is 12.2 Å². The summed E-state index contributed by atoms with van der Waals surface area (Å²) in [5.41, 5.74) is 15.6. The number of ether oxygens (including phenoxy) is 2. The van der Waals surface area contributed by atoms with Crippen LogP contribution in [0.1, 0.15) is 54.4 Å². The Morgan fingerprint density at radius 3 is 1.68 bits per heavy atom. The number of aliphatic hydroxyl groups excluding tert-OH is 2. The van der Waals surface area contributed by atoms with Gasteiger partial charge in [-0.25, -0.2) is 9.59 Å². The summed E-state index contributed by atoms with van der Waals surface area (Å²) < 4.78 is 10.4. The zero-order chi connectivity index (χ0) is 26.1. The van der Waals surface area contributed by atoms with Crippen molar-refractivity contribution in [2.24, 2.45) is 10.2 Å². The molecule has 14 heteroatoms. The van der Waals surface area contributed by atoms with Crippen molar-refractivity contribution < 1.29 is 29.3 Å². The van der Waals surface area contributed by atoms with E-state index in [1.54, 1.807) is 41.5 Å². The van der Waals surface area contributed by atoms with Gasteiger partial charge in [-0.2, -0.15) is 0 Å². The zero-order valence-electron chi connectivity index (χ0n) is 20.7. The highest BCUT2D eigenvalue weighted by atomic mass is 16.6. The molecule has 0 bridgehead atoms. The SMILES string of the molecule is CC(C)(C)OC(=O)N1CCC(N=[N+]=[N-])[C@H](O)C1.CC(C)(C)OC(=O)N1CC[C@H](O)[C@@H](N=[N+]=[N-])C1. The van der Waals surface area contributed by atoms with Crippen LogP contribution in [0.5, 0.6) is 0 Å². The van der Waals surface area contributed by atoms with Gasteiger partial charge in [-0.15, -0.1) is 0 Å². The van der Waals surface area contributed by atoms with E-state index in [4.69, 9.17) is 20.5 Å². The second-order valence-electron chi connectivity index (χ2n) is 10.1. The first-order valence-electron chi connectivity index (χ1n) is 11.1. The Kier molecular flexibility index (Phi) is 10.7. The minimum Gasteiger partial charge on any atom is -0.444 e. The van der Waals surface area contributed by atoms with Crippen LogP contribution in [0.3, 0.4) is 0 Å². The summed E-state index contributed by atoms with van der Waals surface area (Å²) >= 11 is 0. The highest BCUT2D eigenvalue weighted by molar-refractivity contribution is 5.68. The molecule has 2 fully saturated rings. The number of amides is 2. The number of azide groups is 2. The number of aliphatic hydroxyl groups is 2. The molecule has 0 aromatic rings. The number of hydrogen-bond donors (Lipinski definition) is 2. The molecule has 0 aliphatic carbocycles. The second kappa shape index (κ2) is 12.5. The molecule has 0 saturated carbocycles. The van der Waals surface area contributed by atoms with Crippen LogP contribution in [0.4, 0.5) is 9.59 Å². The lowest BCUT2D eigenvalue weighted by molar-refractivity contribution is -0.000665. The molecule has 4 atom stereocenters. The summed E-state index contributed by atoms with van der Waals surface area (Å²) in [6.07, 6.45) is -1.57. The first-order valence-corrected chi connectivity index (χ1v) is 11.1. The van der Waals surface area contributed by atoms with Gasteiger partial charge in [0.15, 0.2) is 0 Å². The lowest BCUT2D eigenvalue weighted by atomic mass is 10.0. The molecule has 0 aromatic heterocycles. The van der Waals surface area contributed by atoms with Gasteiger partial charge in [0, 0.05) is 29.5 Å². The van der Waals surface area contributed by atoms with Crippen LogP contribution in [0.25, 0.3) is 20.9 Å². The fraction of sp³-hybridized carbons (Fsp3) is 0.900. The molecular weight excluding hydrogens is 448 g/mol. The van der Waals surface area contributed by atoms with E-state index in [0.29, 0.717) is 25.9 Å². The number of likely N-dealkylation sites (tertiary alicyclic amines) is 2. The standard InChI is InChI=1S/2C10H18N4O3/c1-10(2,3)17-9(16)14-5-4-8(15)7(6-14)12-13-11;1-10(2,3)17-9(16)14-5-4-7(12-13-11)8(15)6-14/h2*7-8,15H,4-6H2,1-3H3/t7-,8-;7?,8-/m01/s1. The van der Waals surface area contributed by atoms with Crippen molar-refractivity contribution in [3.05, 3.63) is 20.9 Å². The number of rotatable bonds is 2. The summed E-state index contributed by atoms with van der Waals surface area (Å²) in [6.45, 7) is 11.9. The highest BCUT2D eigenvalue weighted by Gasteiger charge is 2.33. The zero-order valence-corrected chi connectivity index (χ0v) is 20.7. The third-order valence-electron chi connectivity index (χ3n) is 4.80. The Hall–Kier alpha value is -2.92. The summed E-state index contributed by atoms with van der Waals surface area (Å²) in [5, 5.41) is 26.3. The van der Waals surface area contributed by atoms with E-state index in [2.05, 4.69) is 20.1 Å². The second-order valence-corrected chi connectivity index (χ2v) is 10.1. The van der Waals surface area contributed by atoms with E-state index >= 15 is 0 Å². The number of β-amino-alcohol motifs (C(OH)–C–C–N with tert-alkyl or cyclic N) is 1. The maximum atomic E-state index is 11.8. The number of hydrogen-bond acceptors (Lipinski definition) is 8. The Balaban J connectivity index is 0.000000340. The van der Waals surface area contributed by atoms with Crippen LogP contribution in [-0.4, -0.2) is 93.9 Å². The number of piperidine rings is 2. The Morgan fingerprint density at radius 1 is 0.794 bits per heavy atom. The molecule has 0 radical (unpaired) electrons. The molecular formula is C20H36N8O6. The minimum atomic E-state index is -0.827. The Labute approximate surface area is 199 Å². The van der Waals surface area contributed by atoms with Gasteiger partial charge >= 0.3 is 12.2 Å². The molecule has 2 heterocycles. The minimum absolute atomic E-state index is 0.137. The summed E-state index contributed by atoms with van der Waals surface area (Å²) in [5.74, 6) is 0. The molecule has 2 amide bonds. The Bertz CT molecular complexity index is 798. The summed E-state index contributed by atoms with van der Waals surface area (Å²) in [6, 6.07) is -1.06. The van der Waals surface area contributed by atoms with Crippen molar-refractivity contribution in [2.75, 3.05) is 26.2 Å². The van der Waals surface area contributed by atoms with Crippen molar-refractivity contribution in [3.63, 3.8) is 0 Å². The van der Waals surface area contributed by atoms with Gasteiger partial charge in [0.2, 0.25) is 0 Å². The van der Waals surface area contributed by atoms with Gasteiger partial charge in [0.05, 0.1) is 30.8 Å². The van der Waals surface area contributed by atoms with Crippen LogP contribution >= 0.6 is 0 Å². The Morgan fingerprint density at radius 2 is 1.24 bits per heavy atom. The predicted molar refractivity (Wildman–Crippen MR) is 123 cm³/mol. The molecule has 2 rings (SSSR count). The highest BCUT2D eigenvalue weighted by Crippen LogP contribution is 2.19. The first kappa shape index (κ1) is 29.1. The third kappa shape index (κ3) is 10.3. The van der Waals surface area contributed by atoms with Crippen LogP contribution in [-0.2, 0) is 9.47 Å². The lowest BCUT2D eigenvalue weighted by Crippen LogP contribution is -2.49. The van der Waals surface area contributed by atoms with Gasteiger partial charge < -0.3 is 29.5 Å². The van der Waals surface area contributed by atoms with Gasteiger partial charge in [0.1, 0.15) is 11.2 Å². The van der Waals surface area contributed by atoms with Crippen LogP contribution < -0.4 is 0 Å². The van der Waals surface area contributed by atoms with Gasteiger partial charge in [-0.05, 0) is 65.4 Å². The maximum absolute atomic E-state index is 11.8. The van der Waals surface area contributed by atoms with Gasteiger partial charge in [0.25, 0.3) is 0 Å². The first-order chi connectivity index (χ1) is 15.7. The van der Waals surface area contributed by atoms with E-state index in [-0.39, 0.29) is 13.1 Å². The smallest absolute Gasteiger partial charge is 0.410 e. The third-order valence-corrected chi connectivity index (χ3v) is 4.80. The van der Waals surface area contributed by atoms with E-state index in [9.17, 15) is 19.8 Å². The number of carbonyl (C=O) groups is 2. The molecule has 192 valence electrons. The number of nitrogens with zero attached hydrogens (tertiary/aromatic N) is 8. The van der Waals surface area contributed by atoms with E-state index < -0.39 is 47.7 Å². The average molecular weight is 485 g/mol. The predicted octanol–water partition coefficient (Wildman–Crippen LogP) is 3.33. The lowest BCUT2D eigenvalue weighted by Gasteiger charge is -2.34. The monoisotopic (exact) mass is 484 g/mol. The molecule has 1 unspecified atom stereocenters. The maximum Gasteiger partial charge on any atom is 0.410 e. The summed E-state index contributed by atoms with van der Waals surface area (Å²) in [7, 11) is 0. The quantitative estimate of drug-likeness (QED) is 0.342. The molecule has 0 spiro atoms. The topological polar surface area (TPSA) is 197 Å². The molecule has 14 nitrogen and oxygen atoms in total. The fourth-order valence-corrected chi connectivity index (χ4v) is 3.20. The van der Waals surface area contributed by atoms with E-state index in [0.717, 1.165) is 0 Å². The van der Waals surface area contributed by atoms with Crippen LogP contribution in [0, 0.1) is 0 Å². The molecule has 34 heavy (non-hydrogen) atoms. The van der Waals surface area contributed by atoms with Crippen molar-refractivity contribution in [1.29, 1.82) is 0 Å². The van der Waals surface area contributed by atoms with Crippen molar-refractivity contribution in [2.45, 2.75) is 89.9 Å². The molecule has 0 aromatic carbocycles. The van der Waals surface area contributed by atoms with Crippen LogP contribution in [0.2, 0.25) is 0 Å². The van der Waals surface area contributed by atoms with E-state index in [1.807, 2.05) is 0 Å². The van der Waals surface area contributed by atoms with Crippen molar-refractivity contribution in [3.8, 4) is 0 Å². The number of carbonyl (C=O) groups excluding carboxylic acids is 2. The van der Waals surface area contributed by atoms with Gasteiger partial charge in [-0.1, -0.05) is 10.2 Å². The van der Waals surface area contributed by atoms with E-state index in [1.165, 1.54) is 9.80 Å².